The minimum Gasteiger partial charge on any atom is -0.457 e. The summed E-state index contributed by atoms with van der Waals surface area (Å²) in [6.07, 6.45) is 0. The number of nitrogens with zero attached hydrogens (tertiary/aromatic N) is 1. The number of halogens is 1. The van der Waals surface area contributed by atoms with Crippen LogP contribution in [0.5, 0.6) is 11.5 Å². The highest BCUT2D eigenvalue weighted by Crippen LogP contribution is 2.33. The molecule has 0 aliphatic carbocycles. The molecule has 7 aromatic rings. The second-order valence-corrected chi connectivity index (χ2v) is 15.1. The normalized spacial score (nSPS) is 15.6. The van der Waals surface area contributed by atoms with Crippen LogP contribution in [-0.4, -0.2) is 29.8 Å². The molecule has 8 rings (SSSR count). The van der Waals surface area contributed by atoms with Crippen LogP contribution in [-0.2, 0) is 0 Å². The van der Waals surface area contributed by atoms with E-state index in [1.165, 1.54) is 10.8 Å². The molecule has 43 heavy (non-hydrogen) atoms. The van der Waals surface area contributed by atoms with Gasteiger partial charge in [-0.25, -0.2) is 0 Å². The third kappa shape index (κ3) is 3.92. The highest BCUT2D eigenvalue weighted by atomic mass is 35.5. The molecule has 1 aromatic heterocycles. The summed E-state index contributed by atoms with van der Waals surface area (Å²) in [5, 5.41) is 27.8. The third-order valence-electron chi connectivity index (χ3n) is 8.59. The van der Waals surface area contributed by atoms with Gasteiger partial charge in [-0.2, -0.15) is 0 Å². The number of ether oxygens (including phenoxy) is 1. The van der Waals surface area contributed by atoms with Gasteiger partial charge in [0.2, 0.25) is 0 Å². The van der Waals surface area contributed by atoms with Gasteiger partial charge < -0.3 is 19.4 Å². The van der Waals surface area contributed by atoms with Crippen molar-refractivity contribution in [3.8, 4) is 17.2 Å². The maximum Gasteiger partial charge on any atom is 0.488 e. The van der Waals surface area contributed by atoms with Crippen molar-refractivity contribution < 1.29 is 14.8 Å². The molecule has 1 atom stereocenters. The zero-order valence-electron chi connectivity index (χ0n) is 23.0. The summed E-state index contributed by atoms with van der Waals surface area (Å²) in [5.74, 6) is 1.50. The molecule has 6 aromatic carbocycles. The lowest BCUT2D eigenvalue weighted by Crippen LogP contribution is -2.76. The van der Waals surface area contributed by atoms with Gasteiger partial charge in [0.1, 0.15) is 11.5 Å². The highest BCUT2D eigenvalue weighted by Gasteiger charge is 2.48. The predicted octanol–water partition coefficient (Wildman–Crippen LogP) is 4.60. The Morgan fingerprint density at radius 2 is 1.21 bits per heavy atom. The average Bonchev–Trinajstić information content (AvgIpc) is 3.38. The molecule has 1 aliphatic heterocycles. The lowest BCUT2D eigenvalue weighted by atomic mass is 9.80. The third-order valence-corrected chi connectivity index (χ3v) is 13.6. The van der Waals surface area contributed by atoms with E-state index in [9.17, 15) is 10.0 Å². The molecular formula is C36H25BClNO3Si. The summed E-state index contributed by atoms with van der Waals surface area (Å²) >= 11 is 6.53. The van der Waals surface area contributed by atoms with Crippen LogP contribution in [0.1, 0.15) is 0 Å². The van der Waals surface area contributed by atoms with E-state index >= 15 is 0 Å². The topological polar surface area (TPSA) is 54.6 Å². The monoisotopic (exact) mass is 593 g/mol. The standard InChI is InChI=1S/C36H25BClNO3Si/c38-25-19-20-36-34(22-25)42-33-17-5-6-18-35(33)43(36,27-11-7-9-24(21-27)37(40)41)28-12-8-10-26(23-28)39-31-15-3-1-13-29(31)30-14-2-4-16-32(30)39/h1-23,40-41H. The number of rotatable bonds is 4. The van der Waals surface area contributed by atoms with Gasteiger partial charge in [-0.05, 0) is 68.7 Å². The largest absolute Gasteiger partial charge is 0.488 e. The van der Waals surface area contributed by atoms with Crippen LogP contribution in [0.3, 0.4) is 0 Å². The van der Waals surface area contributed by atoms with E-state index in [0.717, 1.165) is 49.0 Å². The number of benzene rings is 6. The molecule has 0 spiro atoms. The fourth-order valence-corrected chi connectivity index (χ4v) is 12.0. The van der Waals surface area contributed by atoms with Gasteiger partial charge in [-0.1, -0.05) is 109 Å². The summed E-state index contributed by atoms with van der Waals surface area (Å²) in [6.45, 7) is 0. The van der Waals surface area contributed by atoms with Gasteiger partial charge in [0.05, 0.1) is 11.0 Å². The van der Waals surface area contributed by atoms with E-state index < -0.39 is 15.2 Å². The molecule has 0 bridgehead atoms. The summed E-state index contributed by atoms with van der Waals surface area (Å²) in [7, 11) is -4.66. The van der Waals surface area contributed by atoms with Crippen LogP contribution >= 0.6 is 11.6 Å². The minimum atomic E-state index is -3.07. The first-order valence-electron chi connectivity index (χ1n) is 14.2. The lowest BCUT2D eigenvalue weighted by Gasteiger charge is -2.40. The van der Waals surface area contributed by atoms with Crippen LogP contribution in [0, 0.1) is 0 Å². The molecule has 2 heterocycles. The molecule has 0 radical (unpaired) electrons. The van der Waals surface area contributed by atoms with Crippen molar-refractivity contribution in [2.45, 2.75) is 0 Å². The van der Waals surface area contributed by atoms with E-state index in [4.69, 9.17) is 16.3 Å². The number of hydrogen-bond donors (Lipinski definition) is 2. The van der Waals surface area contributed by atoms with Gasteiger partial charge in [0.25, 0.3) is 0 Å². The smallest absolute Gasteiger partial charge is 0.457 e. The fraction of sp³-hybridized carbons (Fsp3) is 0. The van der Waals surface area contributed by atoms with Gasteiger partial charge >= 0.3 is 7.12 Å². The van der Waals surface area contributed by atoms with Crippen LogP contribution in [0.4, 0.5) is 0 Å². The fourth-order valence-electron chi connectivity index (χ4n) is 6.82. The molecule has 4 nitrogen and oxygen atoms in total. The van der Waals surface area contributed by atoms with Gasteiger partial charge in [0, 0.05) is 21.5 Å². The molecule has 1 unspecified atom stereocenters. The van der Waals surface area contributed by atoms with Crippen LogP contribution in [0.15, 0.2) is 140 Å². The Labute approximate surface area is 255 Å². The second-order valence-electron chi connectivity index (χ2n) is 10.9. The maximum atomic E-state index is 10.2. The maximum absolute atomic E-state index is 10.2. The van der Waals surface area contributed by atoms with E-state index in [-0.39, 0.29) is 0 Å². The van der Waals surface area contributed by atoms with E-state index in [0.29, 0.717) is 10.5 Å². The summed E-state index contributed by atoms with van der Waals surface area (Å²) < 4.78 is 8.83. The number of fused-ring (bicyclic) bond motifs is 5. The Balaban J connectivity index is 1.49. The van der Waals surface area contributed by atoms with Crippen molar-refractivity contribution in [3.05, 3.63) is 145 Å². The van der Waals surface area contributed by atoms with Gasteiger partial charge in [0.15, 0.2) is 8.07 Å². The lowest BCUT2D eigenvalue weighted by molar-refractivity contribution is 0.426. The quantitative estimate of drug-likeness (QED) is 0.294. The van der Waals surface area contributed by atoms with Crippen LogP contribution in [0.2, 0.25) is 5.02 Å². The van der Waals surface area contributed by atoms with E-state index in [1.807, 2.05) is 42.5 Å². The Kier molecular flexibility index (Phi) is 6.07. The molecule has 206 valence electrons. The van der Waals surface area contributed by atoms with Crippen molar-refractivity contribution in [1.82, 2.24) is 4.57 Å². The van der Waals surface area contributed by atoms with Crippen molar-refractivity contribution >= 4 is 74.8 Å². The Morgan fingerprint density at radius 1 is 0.581 bits per heavy atom. The van der Waals surface area contributed by atoms with Crippen molar-refractivity contribution in [1.29, 1.82) is 0 Å². The zero-order chi connectivity index (χ0) is 29.1. The van der Waals surface area contributed by atoms with Crippen molar-refractivity contribution in [2.75, 3.05) is 0 Å². The Bertz CT molecular complexity index is 2140. The second kappa shape index (κ2) is 10.0. The molecular weight excluding hydrogens is 569 g/mol. The average molecular weight is 594 g/mol. The Morgan fingerprint density at radius 3 is 1.95 bits per heavy atom. The van der Waals surface area contributed by atoms with E-state index in [2.05, 4.69) is 95.6 Å². The Hall–Kier alpha value is -4.59. The summed E-state index contributed by atoms with van der Waals surface area (Å²) in [5.41, 5.74) is 3.78. The summed E-state index contributed by atoms with van der Waals surface area (Å²) in [4.78, 5) is 0. The number of para-hydroxylation sites is 3. The molecule has 2 N–H and O–H groups in total. The SMILES string of the molecule is OB(O)c1cccc([Si]2(c3cccc(-n4c5ccccc5c5ccccc54)c3)c3ccccc3Oc3cc(Cl)ccc32)c1. The molecule has 0 amide bonds. The minimum absolute atomic E-state index is 0.447. The first-order valence-corrected chi connectivity index (χ1v) is 16.6. The molecule has 0 saturated carbocycles. The van der Waals surface area contributed by atoms with E-state index in [1.54, 1.807) is 6.07 Å². The van der Waals surface area contributed by atoms with Gasteiger partial charge in [-0.3, -0.25) is 0 Å². The molecule has 0 saturated heterocycles. The van der Waals surface area contributed by atoms with Gasteiger partial charge in [-0.15, -0.1) is 0 Å². The molecule has 1 aliphatic rings. The van der Waals surface area contributed by atoms with Crippen molar-refractivity contribution in [2.24, 2.45) is 0 Å². The molecule has 7 heteroatoms. The van der Waals surface area contributed by atoms with Crippen molar-refractivity contribution in [3.63, 3.8) is 0 Å². The molecule has 0 fully saturated rings. The number of hydrogen-bond acceptors (Lipinski definition) is 3. The highest BCUT2D eigenvalue weighted by molar-refractivity contribution is 7.21. The van der Waals surface area contributed by atoms with Crippen LogP contribution < -0.4 is 30.9 Å². The number of aromatic nitrogens is 1. The summed E-state index contributed by atoms with van der Waals surface area (Å²) in [6, 6.07) is 47.6. The van der Waals surface area contributed by atoms with Crippen LogP contribution in [0.25, 0.3) is 27.5 Å². The zero-order valence-corrected chi connectivity index (χ0v) is 24.7. The first-order chi connectivity index (χ1) is 21.1. The predicted molar refractivity (Wildman–Crippen MR) is 179 cm³/mol. The first kappa shape index (κ1) is 26.1.